The fourth-order valence-corrected chi connectivity index (χ4v) is 4.52. The Morgan fingerprint density at radius 2 is 1.88 bits per heavy atom. The van der Waals surface area contributed by atoms with Gasteiger partial charge in [0.15, 0.2) is 0 Å². The molecule has 0 saturated carbocycles. The van der Waals surface area contributed by atoms with E-state index >= 15 is 0 Å². The van der Waals surface area contributed by atoms with E-state index in [9.17, 15) is 9.59 Å². The lowest BCUT2D eigenvalue weighted by atomic mass is 9.91. The number of furan rings is 1. The highest BCUT2D eigenvalue weighted by Crippen LogP contribution is 2.37. The van der Waals surface area contributed by atoms with Crippen molar-refractivity contribution < 1.29 is 9.21 Å². The topological polar surface area (TPSA) is 67.8 Å². The van der Waals surface area contributed by atoms with E-state index in [-0.39, 0.29) is 11.5 Å². The van der Waals surface area contributed by atoms with E-state index in [2.05, 4.69) is 5.10 Å². The number of hydrazone groups is 1. The zero-order valence-electron chi connectivity index (χ0n) is 17.6. The molecule has 1 aliphatic rings. The monoisotopic (exact) mass is 445 g/mol. The molecule has 6 nitrogen and oxygen atoms in total. The summed E-state index contributed by atoms with van der Waals surface area (Å²) >= 11 is 6.35. The van der Waals surface area contributed by atoms with Crippen molar-refractivity contribution in [3.63, 3.8) is 0 Å². The maximum absolute atomic E-state index is 13.6. The number of carbonyl (C=O) groups is 1. The lowest BCUT2D eigenvalue weighted by Gasteiger charge is -2.17. The van der Waals surface area contributed by atoms with Gasteiger partial charge in [0.2, 0.25) is 5.91 Å². The molecule has 0 N–H and O–H groups in total. The third kappa shape index (κ3) is 3.24. The van der Waals surface area contributed by atoms with Crippen molar-refractivity contribution in [1.29, 1.82) is 0 Å². The minimum atomic E-state index is -0.402. The van der Waals surface area contributed by atoms with Gasteiger partial charge >= 0.3 is 0 Å². The molecular weight excluding hydrogens is 426 g/mol. The van der Waals surface area contributed by atoms with Gasteiger partial charge in [0.25, 0.3) is 5.56 Å². The number of hydrogen-bond donors (Lipinski definition) is 0. The molecule has 1 unspecified atom stereocenters. The van der Waals surface area contributed by atoms with Crippen LogP contribution in [0.25, 0.3) is 22.0 Å². The van der Waals surface area contributed by atoms with Crippen molar-refractivity contribution in [3.8, 4) is 11.1 Å². The molecule has 3 heterocycles. The number of aryl methyl sites for hydroxylation is 1. The van der Waals surface area contributed by atoms with E-state index in [0.29, 0.717) is 28.5 Å². The van der Waals surface area contributed by atoms with Crippen LogP contribution in [-0.2, 0) is 11.8 Å². The minimum Gasteiger partial charge on any atom is -0.467 e. The summed E-state index contributed by atoms with van der Waals surface area (Å²) in [5, 5.41) is 7.42. The lowest BCUT2D eigenvalue weighted by molar-refractivity contribution is -0.130. The van der Waals surface area contributed by atoms with Crippen molar-refractivity contribution in [2.45, 2.75) is 19.4 Å². The Bertz CT molecular complexity index is 1420. The summed E-state index contributed by atoms with van der Waals surface area (Å²) in [5.41, 5.74) is 3.24. The summed E-state index contributed by atoms with van der Waals surface area (Å²) in [6, 6.07) is 18.4. The molecule has 0 fully saturated rings. The molecule has 1 aliphatic heterocycles. The Kier molecular flexibility index (Phi) is 4.94. The van der Waals surface area contributed by atoms with Gasteiger partial charge < -0.3 is 8.98 Å². The molecule has 160 valence electrons. The average Bonchev–Trinajstić information content (AvgIpc) is 3.46. The number of hydrogen-bond acceptors (Lipinski definition) is 4. The van der Waals surface area contributed by atoms with Gasteiger partial charge in [0.05, 0.1) is 23.1 Å². The van der Waals surface area contributed by atoms with Crippen LogP contribution < -0.4 is 5.56 Å². The van der Waals surface area contributed by atoms with E-state index in [1.165, 1.54) is 11.9 Å². The Morgan fingerprint density at radius 1 is 1.09 bits per heavy atom. The Balaban J connectivity index is 1.81. The van der Waals surface area contributed by atoms with Gasteiger partial charge in [-0.05, 0) is 35.9 Å². The smallest absolute Gasteiger partial charge is 0.260 e. The Labute approximate surface area is 189 Å². The molecule has 0 bridgehead atoms. The largest absolute Gasteiger partial charge is 0.467 e. The maximum atomic E-state index is 13.6. The van der Waals surface area contributed by atoms with Crippen molar-refractivity contribution >= 4 is 34.1 Å². The third-order valence-corrected chi connectivity index (χ3v) is 6.05. The maximum Gasteiger partial charge on any atom is 0.260 e. The van der Waals surface area contributed by atoms with Crippen LogP contribution in [0, 0.1) is 0 Å². The normalized spacial score (nSPS) is 15.9. The molecule has 1 atom stereocenters. The summed E-state index contributed by atoms with van der Waals surface area (Å²) in [4.78, 5) is 26.0. The minimum absolute atomic E-state index is 0.180. The lowest BCUT2D eigenvalue weighted by Crippen LogP contribution is -2.26. The highest BCUT2D eigenvalue weighted by molar-refractivity contribution is 6.31. The second-order valence-electron chi connectivity index (χ2n) is 7.79. The molecule has 32 heavy (non-hydrogen) atoms. The van der Waals surface area contributed by atoms with E-state index < -0.39 is 6.04 Å². The Morgan fingerprint density at radius 3 is 2.56 bits per heavy atom. The second kappa shape index (κ2) is 7.80. The van der Waals surface area contributed by atoms with Crippen LogP contribution in [0.4, 0.5) is 0 Å². The predicted molar refractivity (Wildman–Crippen MR) is 125 cm³/mol. The SMILES string of the molecule is CC(=O)N1N=C(c2c(-c3ccccc3)c3cc(Cl)ccc3n(C)c2=O)CC1c1ccco1. The van der Waals surface area contributed by atoms with E-state index in [1.807, 2.05) is 48.5 Å². The highest BCUT2D eigenvalue weighted by Gasteiger charge is 2.35. The standard InChI is InChI=1S/C25H20ClN3O3/c1-15(30)29-21(22-9-6-12-32-22)14-19(27-29)24-23(16-7-4-3-5-8-16)18-13-17(26)10-11-20(18)28(2)25(24)31/h3-13,21H,14H2,1-2H3. The summed E-state index contributed by atoms with van der Waals surface area (Å²) < 4.78 is 7.17. The van der Waals surface area contributed by atoms with Gasteiger partial charge in [0.1, 0.15) is 11.8 Å². The van der Waals surface area contributed by atoms with Gasteiger partial charge in [-0.3, -0.25) is 9.59 Å². The first kappa shape index (κ1) is 20.3. The fraction of sp³-hybridized carbons (Fsp3) is 0.160. The Hall–Kier alpha value is -3.64. The first-order chi connectivity index (χ1) is 15.5. The summed E-state index contributed by atoms with van der Waals surface area (Å²) in [6.07, 6.45) is 1.94. The molecule has 4 aromatic rings. The molecule has 0 aliphatic carbocycles. The van der Waals surface area contributed by atoms with Gasteiger partial charge in [-0.15, -0.1) is 0 Å². The predicted octanol–water partition coefficient (Wildman–Crippen LogP) is 5.15. The van der Waals surface area contributed by atoms with Crippen LogP contribution in [0.5, 0.6) is 0 Å². The van der Waals surface area contributed by atoms with Gasteiger partial charge in [0, 0.05) is 36.4 Å². The van der Waals surface area contributed by atoms with E-state index in [4.69, 9.17) is 16.0 Å². The number of fused-ring (bicyclic) bond motifs is 1. The van der Waals surface area contributed by atoms with Crippen molar-refractivity contribution in [2.24, 2.45) is 12.1 Å². The molecule has 7 heteroatoms. The number of halogens is 1. The molecule has 0 radical (unpaired) electrons. The molecule has 2 aromatic heterocycles. The quantitative estimate of drug-likeness (QED) is 0.438. The van der Waals surface area contributed by atoms with Gasteiger partial charge in [-0.1, -0.05) is 41.9 Å². The zero-order valence-corrected chi connectivity index (χ0v) is 18.3. The van der Waals surface area contributed by atoms with E-state index in [1.54, 1.807) is 30.0 Å². The van der Waals surface area contributed by atoms with Crippen molar-refractivity contribution in [3.05, 3.63) is 93.6 Å². The van der Waals surface area contributed by atoms with Crippen molar-refractivity contribution in [1.82, 2.24) is 9.58 Å². The molecule has 0 saturated heterocycles. The first-order valence-corrected chi connectivity index (χ1v) is 10.6. The van der Waals surface area contributed by atoms with E-state index in [0.717, 1.165) is 22.0 Å². The number of pyridine rings is 1. The third-order valence-electron chi connectivity index (χ3n) is 5.81. The molecule has 0 spiro atoms. The number of amides is 1. The average molecular weight is 446 g/mol. The zero-order chi connectivity index (χ0) is 22.4. The van der Waals surface area contributed by atoms with Crippen LogP contribution in [0.3, 0.4) is 0 Å². The second-order valence-corrected chi connectivity index (χ2v) is 8.22. The van der Waals surface area contributed by atoms with Crippen LogP contribution in [0.1, 0.15) is 30.7 Å². The first-order valence-electron chi connectivity index (χ1n) is 10.2. The molecule has 2 aromatic carbocycles. The highest BCUT2D eigenvalue weighted by atomic mass is 35.5. The number of carbonyl (C=O) groups excluding carboxylic acids is 1. The summed E-state index contributed by atoms with van der Waals surface area (Å²) in [5.74, 6) is 0.407. The van der Waals surface area contributed by atoms with Gasteiger partial charge in [-0.2, -0.15) is 5.10 Å². The molecule has 5 rings (SSSR count). The number of rotatable bonds is 3. The van der Waals surface area contributed by atoms with Crippen molar-refractivity contribution in [2.75, 3.05) is 0 Å². The van der Waals surface area contributed by atoms with Crippen LogP contribution in [-0.4, -0.2) is 21.2 Å². The van der Waals surface area contributed by atoms with Crippen LogP contribution in [0.2, 0.25) is 5.02 Å². The number of benzene rings is 2. The number of aromatic nitrogens is 1. The number of nitrogens with zero attached hydrogens (tertiary/aromatic N) is 3. The molecular formula is C25H20ClN3O3. The van der Waals surface area contributed by atoms with Crippen LogP contribution in [0.15, 0.2) is 81.2 Å². The molecule has 1 amide bonds. The van der Waals surface area contributed by atoms with Gasteiger partial charge in [-0.25, -0.2) is 5.01 Å². The summed E-state index contributed by atoms with van der Waals surface area (Å²) in [6.45, 7) is 1.46. The summed E-state index contributed by atoms with van der Waals surface area (Å²) in [7, 11) is 1.74. The van der Waals surface area contributed by atoms with Crippen LogP contribution >= 0.6 is 11.6 Å². The fourth-order valence-electron chi connectivity index (χ4n) is 4.35.